The van der Waals surface area contributed by atoms with Gasteiger partial charge in [0.1, 0.15) is 23.2 Å². The van der Waals surface area contributed by atoms with Crippen LogP contribution in [0, 0.1) is 24.1 Å². The monoisotopic (exact) mass is 629 g/mol. The maximum absolute atomic E-state index is 13.8. The smallest absolute Gasteiger partial charge is 0.343 e. The molecule has 16 heteroatoms. The first-order chi connectivity index (χ1) is 19.9. The molecule has 0 unspecified atom stereocenters. The quantitative estimate of drug-likeness (QED) is 0.306. The number of alkyl halides is 6. The maximum Gasteiger partial charge on any atom is 0.417 e. The molecule has 1 aliphatic heterocycles. The Kier molecular flexibility index (Phi) is 7.23. The van der Waals surface area contributed by atoms with Crippen molar-refractivity contribution in [3.63, 3.8) is 0 Å². The fourth-order valence-electron chi connectivity index (χ4n) is 5.06. The molecule has 1 aliphatic carbocycles. The number of nitrogens with zero attached hydrogens (tertiary/aromatic N) is 4. The van der Waals surface area contributed by atoms with Gasteiger partial charge in [0.05, 0.1) is 38.7 Å². The lowest BCUT2D eigenvalue weighted by Gasteiger charge is -2.27. The van der Waals surface area contributed by atoms with E-state index in [0.29, 0.717) is 30.7 Å². The number of carbonyl (C=O) groups is 1. The number of aryl methyl sites for hydroxylation is 1. The first-order valence-electron chi connectivity index (χ1n) is 12.8. The van der Waals surface area contributed by atoms with Crippen LogP contribution in [0.3, 0.4) is 0 Å². The Bertz CT molecular complexity index is 1720. The number of anilines is 1. The molecule has 1 saturated heterocycles. The number of nitrogens with one attached hydrogen (secondary N) is 1. The number of carbonyl (C=O) groups excluding carboxylic acids is 1. The van der Waals surface area contributed by atoms with E-state index in [1.165, 1.54) is 15.6 Å². The second kappa shape index (κ2) is 10.2. The van der Waals surface area contributed by atoms with Gasteiger partial charge >= 0.3 is 12.4 Å². The van der Waals surface area contributed by atoms with E-state index in [2.05, 4.69) is 10.4 Å². The van der Waals surface area contributed by atoms with Gasteiger partial charge in [0.15, 0.2) is 9.84 Å². The number of benzene rings is 2. The summed E-state index contributed by atoms with van der Waals surface area (Å²) in [5.74, 6) is -1.96. The van der Waals surface area contributed by atoms with Gasteiger partial charge in [-0.05, 0) is 68.7 Å². The molecule has 1 saturated carbocycles. The summed E-state index contributed by atoms with van der Waals surface area (Å²) in [5.41, 5.74) is -3.32. The molecule has 1 aromatic heterocycles. The number of halogens is 7. The Balaban J connectivity index is 1.57. The van der Waals surface area contributed by atoms with Gasteiger partial charge in [-0.25, -0.2) is 17.5 Å². The molecule has 8 nitrogen and oxygen atoms in total. The van der Waals surface area contributed by atoms with Crippen molar-refractivity contribution < 1.29 is 43.9 Å². The van der Waals surface area contributed by atoms with Gasteiger partial charge in [-0.2, -0.15) is 36.7 Å². The van der Waals surface area contributed by atoms with Crippen molar-refractivity contribution in [2.24, 2.45) is 0 Å². The Hall–Kier alpha value is -4.13. The Morgan fingerprint density at radius 3 is 2.26 bits per heavy atom. The van der Waals surface area contributed by atoms with Crippen LogP contribution >= 0.6 is 0 Å². The largest absolute Gasteiger partial charge is 0.417 e. The number of sulfone groups is 1. The predicted octanol–water partition coefficient (Wildman–Crippen LogP) is 4.95. The second-order valence-electron chi connectivity index (χ2n) is 10.5. The van der Waals surface area contributed by atoms with Crippen LogP contribution in [0.15, 0.2) is 53.4 Å². The molecule has 228 valence electrons. The summed E-state index contributed by atoms with van der Waals surface area (Å²) < 4.78 is 123. The molecule has 2 aromatic carbocycles. The predicted molar refractivity (Wildman–Crippen MR) is 137 cm³/mol. The van der Waals surface area contributed by atoms with Crippen molar-refractivity contribution in [2.45, 2.75) is 60.3 Å². The van der Waals surface area contributed by atoms with E-state index in [9.17, 15) is 49.2 Å². The van der Waals surface area contributed by atoms with Crippen LogP contribution in [0.4, 0.5) is 36.6 Å². The average molecular weight is 630 g/mol. The van der Waals surface area contributed by atoms with Gasteiger partial charge in [-0.15, -0.1) is 0 Å². The first kappa shape index (κ1) is 30.3. The summed E-state index contributed by atoms with van der Waals surface area (Å²) in [6.45, 7) is 1.03. The summed E-state index contributed by atoms with van der Waals surface area (Å²) in [4.78, 5) is 13.6. The SMILES string of the molecule is Cc1cc(N2C[C@H](S(=O)(=O)c3ccc(F)cc3C(F)(F)F)C[C@H]2C(=O)NC2(C#N)CC2)n(-c2ccc(C(F)(F)F)cc2)n1. The Morgan fingerprint density at radius 2 is 1.70 bits per heavy atom. The van der Waals surface area contributed by atoms with Gasteiger partial charge in [-0.3, -0.25) is 4.79 Å². The van der Waals surface area contributed by atoms with Crippen LogP contribution in [-0.4, -0.2) is 47.5 Å². The molecule has 2 aliphatic rings. The molecular weight excluding hydrogens is 607 g/mol. The highest BCUT2D eigenvalue weighted by Gasteiger charge is 2.51. The first-order valence-corrected chi connectivity index (χ1v) is 14.3. The van der Waals surface area contributed by atoms with Crippen LogP contribution in [0.2, 0.25) is 0 Å². The van der Waals surface area contributed by atoms with E-state index in [1.807, 2.05) is 6.07 Å². The molecule has 1 amide bonds. The standard InChI is InChI=1S/C27H22F7N5O3S/c1-15-10-23(39(37-15)18-5-2-16(3-6-18)26(29,30)31)38-13-19(12-21(38)24(40)36-25(14-35)8-9-25)43(41,42)22-7-4-17(28)11-20(22)27(32,33)34/h2-7,10-11,19,21H,8-9,12-13H2,1H3,(H,36,40)/t19-,21+/m1/s1. The van der Waals surface area contributed by atoms with E-state index in [1.54, 1.807) is 6.92 Å². The number of rotatable bonds is 6. The minimum atomic E-state index is -5.21. The van der Waals surface area contributed by atoms with Crippen molar-refractivity contribution in [1.82, 2.24) is 15.1 Å². The lowest BCUT2D eigenvalue weighted by Crippen LogP contribution is -2.48. The van der Waals surface area contributed by atoms with E-state index < -0.39 is 79.7 Å². The third kappa shape index (κ3) is 5.77. The Labute approximate surface area is 240 Å². The normalized spacial score (nSPS) is 20.1. The summed E-state index contributed by atoms with van der Waals surface area (Å²) in [7, 11) is -4.83. The number of nitriles is 1. The molecule has 1 N–H and O–H groups in total. The Morgan fingerprint density at radius 1 is 1.05 bits per heavy atom. The van der Waals surface area contributed by atoms with Gasteiger partial charge in [0.25, 0.3) is 0 Å². The summed E-state index contributed by atoms with van der Waals surface area (Å²) >= 11 is 0. The fourth-order valence-corrected chi connectivity index (χ4v) is 6.95. The number of hydrogen-bond acceptors (Lipinski definition) is 6. The maximum atomic E-state index is 13.8. The highest BCUT2D eigenvalue weighted by molar-refractivity contribution is 7.92. The van der Waals surface area contributed by atoms with Crippen LogP contribution < -0.4 is 10.2 Å². The zero-order chi connectivity index (χ0) is 31.5. The van der Waals surface area contributed by atoms with Gasteiger partial charge in [-0.1, -0.05) is 0 Å². The lowest BCUT2D eigenvalue weighted by atomic mass is 10.1. The fraction of sp³-hybridized carbons (Fsp3) is 0.370. The van der Waals surface area contributed by atoms with Gasteiger partial charge in [0, 0.05) is 12.6 Å². The highest BCUT2D eigenvalue weighted by atomic mass is 32.2. The molecule has 0 spiro atoms. The van der Waals surface area contributed by atoms with E-state index in [4.69, 9.17) is 0 Å². The van der Waals surface area contributed by atoms with Crippen molar-refractivity contribution >= 4 is 21.6 Å². The molecule has 2 atom stereocenters. The summed E-state index contributed by atoms with van der Waals surface area (Å²) in [6.07, 6.45) is -9.63. The molecular formula is C27H22F7N5O3S. The number of hydrogen-bond donors (Lipinski definition) is 1. The third-order valence-corrected chi connectivity index (χ3v) is 9.62. The second-order valence-corrected chi connectivity index (χ2v) is 12.7. The van der Waals surface area contributed by atoms with Crippen molar-refractivity contribution in [1.29, 1.82) is 5.26 Å². The molecule has 0 bridgehead atoms. The van der Waals surface area contributed by atoms with Crippen LogP contribution in [0.1, 0.15) is 36.1 Å². The molecule has 43 heavy (non-hydrogen) atoms. The van der Waals surface area contributed by atoms with E-state index in [0.717, 1.165) is 24.3 Å². The van der Waals surface area contributed by atoms with Crippen molar-refractivity contribution in [3.8, 4) is 11.8 Å². The van der Waals surface area contributed by atoms with Crippen LogP contribution in [0.5, 0.6) is 0 Å². The lowest BCUT2D eigenvalue weighted by molar-refractivity contribution is -0.140. The number of aromatic nitrogens is 2. The third-order valence-electron chi connectivity index (χ3n) is 7.43. The average Bonchev–Trinajstić information content (AvgIpc) is 3.35. The molecule has 0 radical (unpaired) electrons. The van der Waals surface area contributed by atoms with E-state index in [-0.39, 0.29) is 17.6 Å². The molecule has 2 fully saturated rings. The molecule has 5 rings (SSSR count). The summed E-state index contributed by atoms with van der Waals surface area (Å²) in [5, 5.41) is 14.7. The number of amides is 1. The molecule has 3 aromatic rings. The topological polar surface area (TPSA) is 108 Å². The van der Waals surface area contributed by atoms with Gasteiger partial charge < -0.3 is 10.2 Å². The highest BCUT2D eigenvalue weighted by Crippen LogP contribution is 2.41. The summed E-state index contributed by atoms with van der Waals surface area (Å²) in [6, 6.07) is 7.18. The zero-order valence-electron chi connectivity index (χ0n) is 22.2. The van der Waals surface area contributed by atoms with Gasteiger partial charge in [0.2, 0.25) is 5.91 Å². The zero-order valence-corrected chi connectivity index (χ0v) is 23.0. The minimum Gasteiger partial charge on any atom is -0.343 e. The van der Waals surface area contributed by atoms with Crippen molar-refractivity contribution in [3.05, 3.63) is 71.2 Å². The van der Waals surface area contributed by atoms with E-state index >= 15 is 0 Å². The molecule has 2 heterocycles. The minimum absolute atomic E-state index is 0.0800. The van der Waals surface area contributed by atoms with Crippen LogP contribution in [-0.2, 0) is 27.0 Å². The van der Waals surface area contributed by atoms with Crippen LogP contribution in [0.25, 0.3) is 5.69 Å². The van der Waals surface area contributed by atoms with Crippen molar-refractivity contribution in [2.75, 3.05) is 11.4 Å².